The van der Waals surface area contributed by atoms with Crippen LogP contribution in [0.15, 0.2) is 41.2 Å². The maximum absolute atomic E-state index is 12.4. The summed E-state index contributed by atoms with van der Waals surface area (Å²) in [5, 5.41) is 5.57. The van der Waals surface area contributed by atoms with Gasteiger partial charge < -0.3 is 15.1 Å². The van der Waals surface area contributed by atoms with E-state index in [-0.39, 0.29) is 11.8 Å². The van der Waals surface area contributed by atoms with E-state index in [1.165, 1.54) is 29.6 Å². The molecule has 2 aromatic rings. The van der Waals surface area contributed by atoms with Gasteiger partial charge in [0.2, 0.25) is 5.91 Å². The molecular weight excluding hydrogens is 362 g/mol. The molecule has 0 bridgehead atoms. The van der Waals surface area contributed by atoms with E-state index in [4.69, 9.17) is 4.42 Å². The number of nitrogens with one attached hydrogen (secondary N) is 2. The van der Waals surface area contributed by atoms with Gasteiger partial charge in [-0.2, -0.15) is 11.8 Å². The molecular formula is C20H25N3O3S. The van der Waals surface area contributed by atoms with Crippen molar-refractivity contribution in [1.82, 2.24) is 10.2 Å². The van der Waals surface area contributed by atoms with Gasteiger partial charge in [-0.15, -0.1) is 0 Å². The number of aryl methyl sites for hydroxylation is 1. The van der Waals surface area contributed by atoms with E-state index in [9.17, 15) is 9.59 Å². The Kier molecular flexibility index (Phi) is 6.58. The third kappa shape index (κ3) is 5.37. The molecule has 3 rings (SSSR count). The number of benzene rings is 1. The first-order valence-electron chi connectivity index (χ1n) is 9.06. The summed E-state index contributed by atoms with van der Waals surface area (Å²) in [5.74, 6) is 1.79. The molecule has 1 aliphatic heterocycles. The quantitative estimate of drug-likeness (QED) is 0.797. The lowest BCUT2D eigenvalue weighted by atomic mass is 10.1. The van der Waals surface area contributed by atoms with E-state index in [0.29, 0.717) is 5.56 Å². The zero-order valence-corrected chi connectivity index (χ0v) is 16.5. The van der Waals surface area contributed by atoms with Crippen molar-refractivity contribution in [2.75, 3.05) is 29.9 Å². The lowest BCUT2D eigenvalue weighted by molar-refractivity contribution is -0.117. The molecule has 7 heteroatoms. The highest BCUT2D eigenvalue weighted by Crippen LogP contribution is 2.19. The summed E-state index contributed by atoms with van der Waals surface area (Å²) in [6, 6.07) is 7.01. The SMILES string of the molecule is Cc1cc(CN2CCSCC2)ccc1NC(=O)C(C)NC(=O)c1ccoc1. The molecule has 1 atom stereocenters. The van der Waals surface area contributed by atoms with Gasteiger partial charge in [0.05, 0.1) is 11.8 Å². The van der Waals surface area contributed by atoms with Crippen LogP contribution in [0.25, 0.3) is 0 Å². The average molecular weight is 388 g/mol. The molecule has 1 unspecified atom stereocenters. The third-order valence-electron chi connectivity index (χ3n) is 4.58. The number of amides is 2. The maximum Gasteiger partial charge on any atom is 0.255 e. The molecule has 2 heterocycles. The molecule has 27 heavy (non-hydrogen) atoms. The van der Waals surface area contributed by atoms with Gasteiger partial charge in [-0.3, -0.25) is 14.5 Å². The van der Waals surface area contributed by atoms with Crippen LogP contribution >= 0.6 is 11.8 Å². The smallest absolute Gasteiger partial charge is 0.255 e. The van der Waals surface area contributed by atoms with Crippen LogP contribution in [0.1, 0.15) is 28.4 Å². The summed E-state index contributed by atoms with van der Waals surface area (Å²) in [4.78, 5) is 26.9. The molecule has 1 aromatic heterocycles. The molecule has 2 N–H and O–H groups in total. The third-order valence-corrected chi connectivity index (χ3v) is 5.53. The lowest BCUT2D eigenvalue weighted by Crippen LogP contribution is -2.41. The van der Waals surface area contributed by atoms with Crippen molar-refractivity contribution in [2.24, 2.45) is 0 Å². The summed E-state index contributed by atoms with van der Waals surface area (Å²) >= 11 is 2.00. The summed E-state index contributed by atoms with van der Waals surface area (Å²) < 4.78 is 4.89. The molecule has 2 amide bonds. The van der Waals surface area contributed by atoms with Gasteiger partial charge in [0.15, 0.2) is 0 Å². The number of carbonyl (C=O) groups excluding carboxylic acids is 2. The molecule has 144 valence electrons. The van der Waals surface area contributed by atoms with Crippen molar-refractivity contribution in [3.05, 3.63) is 53.5 Å². The van der Waals surface area contributed by atoms with Gasteiger partial charge in [-0.25, -0.2) is 0 Å². The number of rotatable bonds is 6. The Morgan fingerprint density at radius 2 is 2.04 bits per heavy atom. The Hall–Kier alpha value is -2.25. The summed E-state index contributed by atoms with van der Waals surface area (Å²) in [7, 11) is 0. The number of carbonyl (C=O) groups is 2. The predicted molar refractivity (Wildman–Crippen MR) is 108 cm³/mol. The Morgan fingerprint density at radius 1 is 1.26 bits per heavy atom. The lowest BCUT2D eigenvalue weighted by Gasteiger charge is -2.26. The van der Waals surface area contributed by atoms with Crippen molar-refractivity contribution >= 4 is 29.3 Å². The Morgan fingerprint density at radius 3 is 2.70 bits per heavy atom. The van der Waals surface area contributed by atoms with Crippen LogP contribution in [0.3, 0.4) is 0 Å². The first kappa shape index (κ1) is 19.5. The van der Waals surface area contributed by atoms with E-state index >= 15 is 0 Å². The highest BCUT2D eigenvalue weighted by Gasteiger charge is 2.18. The second-order valence-electron chi connectivity index (χ2n) is 6.73. The number of furan rings is 1. The monoisotopic (exact) mass is 387 g/mol. The van der Waals surface area contributed by atoms with Crippen molar-refractivity contribution in [3.8, 4) is 0 Å². The largest absolute Gasteiger partial charge is 0.472 e. The van der Waals surface area contributed by atoms with Crippen LogP contribution in [0.4, 0.5) is 5.69 Å². The van der Waals surface area contributed by atoms with E-state index in [2.05, 4.69) is 27.7 Å². The van der Waals surface area contributed by atoms with Crippen LogP contribution in [0.2, 0.25) is 0 Å². The van der Waals surface area contributed by atoms with Gasteiger partial charge in [0.1, 0.15) is 12.3 Å². The minimum absolute atomic E-state index is 0.254. The standard InChI is InChI=1S/C20H25N3O3S/c1-14-11-16(12-23-6-9-27-10-7-23)3-4-18(14)22-19(24)15(2)21-20(25)17-5-8-26-13-17/h3-5,8,11,13,15H,6-7,9-10,12H2,1-2H3,(H,21,25)(H,22,24). The predicted octanol–water partition coefficient (Wildman–Crippen LogP) is 2.89. The molecule has 6 nitrogen and oxygen atoms in total. The number of hydrogen-bond donors (Lipinski definition) is 2. The van der Waals surface area contributed by atoms with Gasteiger partial charge >= 0.3 is 0 Å². The second-order valence-corrected chi connectivity index (χ2v) is 7.96. The van der Waals surface area contributed by atoms with E-state index in [1.54, 1.807) is 13.0 Å². The van der Waals surface area contributed by atoms with E-state index in [0.717, 1.165) is 30.9 Å². The molecule has 1 aliphatic rings. The van der Waals surface area contributed by atoms with Crippen LogP contribution in [0, 0.1) is 6.92 Å². The van der Waals surface area contributed by atoms with Crippen LogP contribution in [0.5, 0.6) is 0 Å². The van der Waals surface area contributed by atoms with Crippen molar-refractivity contribution in [1.29, 1.82) is 0 Å². The number of nitrogens with zero attached hydrogens (tertiary/aromatic N) is 1. The summed E-state index contributed by atoms with van der Waals surface area (Å²) in [6.45, 7) is 6.82. The van der Waals surface area contributed by atoms with Gasteiger partial charge in [-0.05, 0) is 37.1 Å². The summed E-state index contributed by atoms with van der Waals surface area (Å²) in [5.41, 5.74) is 3.42. The topological polar surface area (TPSA) is 74.6 Å². The van der Waals surface area contributed by atoms with Crippen LogP contribution < -0.4 is 10.6 Å². The van der Waals surface area contributed by atoms with E-state index < -0.39 is 6.04 Å². The maximum atomic E-state index is 12.4. The van der Waals surface area contributed by atoms with Crippen molar-refractivity contribution < 1.29 is 14.0 Å². The molecule has 0 aliphatic carbocycles. The molecule has 1 saturated heterocycles. The normalized spacial score (nSPS) is 15.9. The fourth-order valence-electron chi connectivity index (χ4n) is 2.96. The Bertz CT molecular complexity index is 786. The number of hydrogen-bond acceptors (Lipinski definition) is 5. The van der Waals surface area contributed by atoms with Gasteiger partial charge in [0, 0.05) is 36.8 Å². The van der Waals surface area contributed by atoms with E-state index in [1.807, 2.05) is 24.8 Å². The molecule has 0 radical (unpaired) electrons. The number of anilines is 1. The Labute approximate surface area is 163 Å². The highest BCUT2D eigenvalue weighted by molar-refractivity contribution is 7.99. The Balaban J connectivity index is 1.56. The molecule has 0 spiro atoms. The zero-order valence-electron chi connectivity index (χ0n) is 15.7. The highest BCUT2D eigenvalue weighted by atomic mass is 32.2. The first-order valence-corrected chi connectivity index (χ1v) is 10.2. The fourth-order valence-corrected chi connectivity index (χ4v) is 3.94. The molecule has 0 saturated carbocycles. The fraction of sp³-hybridized carbons (Fsp3) is 0.400. The minimum atomic E-state index is -0.655. The van der Waals surface area contributed by atoms with Crippen molar-refractivity contribution in [3.63, 3.8) is 0 Å². The van der Waals surface area contributed by atoms with Crippen LogP contribution in [-0.4, -0.2) is 47.4 Å². The second kappa shape index (κ2) is 9.10. The first-order chi connectivity index (χ1) is 13.0. The van der Waals surface area contributed by atoms with Gasteiger partial charge in [-0.1, -0.05) is 12.1 Å². The summed E-state index contributed by atoms with van der Waals surface area (Å²) in [6.07, 6.45) is 2.77. The molecule has 1 fully saturated rings. The van der Waals surface area contributed by atoms with Crippen molar-refractivity contribution in [2.45, 2.75) is 26.4 Å². The number of thioether (sulfide) groups is 1. The average Bonchev–Trinajstić information content (AvgIpc) is 3.19. The van der Waals surface area contributed by atoms with Gasteiger partial charge in [0.25, 0.3) is 5.91 Å². The minimum Gasteiger partial charge on any atom is -0.472 e. The molecule has 1 aromatic carbocycles. The van der Waals surface area contributed by atoms with Crippen LogP contribution in [-0.2, 0) is 11.3 Å². The zero-order chi connectivity index (χ0) is 19.2.